The molecule has 1 saturated carbocycles. The lowest BCUT2D eigenvalue weighted by Gasteiger charge is -2.34. The van der Waals surface area contributed by atoms with E-state index in [2.05, 4.69) is 25.7 Å². The average molecular weight is 353 g/mol. The van der Waals surface area contributed by atoms with Crippen LogP contribution < -0.4 is 4.74 Å². The molecule has 1 aromatic rings. The van der Waals surface area contributed by atoms with Gasteiger partial charge in [-0.05, 0) is 47.0 Å². The molecule has 0 amide bonds. The number of halogens is 1. The van der Waals surface area contributed by atoms with Crippen molar-refractivity contribution in [1.82, 2.24) is 9.80 Å². The summed E-state index contributed by atoms with van der Waals surface area (Å²) < 4.78 is 6.02. The fourth-order valence-electron chi connectivity index (χ4n) is 2.86. The van der Waals surface area contributed by atoms with E-state index in [-0.39, 0.29) is 5.78 Å². The van der Waals surface area contributed by atoms with Crippen LogP contribution >= 0.6 is 15.9 Å². The Morgan fingerprint density at radius 2 is 2.00 bits per heavy atom. The van der Waals surface area contributed by atoms with Crippen LogP contribution in [0, 0.1) is 0 Å². The third-order valence-electron chi connectivity index (χ3n) is 4.31. The molecular formula is C16H21BrN2O2. The molecule has 2 fully saturated rings. The number of carbonyl (C=O) groups is 1. The van der Waals surface area contributed by atoms with Crippen molar-refractivity contribution in [3.05, 3.63) is 28.2 Å². The van der Waals surface area contributed by atoms with E-state index < -0.39 is 0 Å². The first kappa shape index (κ1) is 15.0. The molecule has 0 N–H and O–H groups in total. The highest BCUT2D eigenvalue weighted by molar-refractivity contribution is 9.10. The topological polar surface area (TPSA) is 32.8 Å². The maximum absolute atomic E-state index is 12.4. The molecule has 4 nitrogen and oxygen atoms in total. The second kappa shape index (κ2) is 6.46. The van der Waals surface area contributed by atoms with Gasteiger partial charge in [0.1, 0.15) is 5.75 Å². The van der Waals surface area contributed by atoms with Gasteiger partial charge in [0.15, 0.2) is 5.78 Å². The number of ether oxygens (including phenoxy) is 1. The minimum absolute atomic E-state index is 0.179. The molecule has 0 spiro atoms. The van der Waals surface area contributed by atoms with E-state index in [0.717, 1.165) is 48.0 Å². The van der Waals surface area contributed by atoms with Crippen LogP contribution in [-0.4, -0.2) is 61.5 Å². The quantitative estimate of drug-likeness (QED) is 0.762. The van der Waals surface area contributed by atoms with E-state index in [9.17, 15) is 4.79 Å². The molecule has 0 unspecified atom stereocenters. The maximum atomic E-state index is 12.4. The number of hydrogen-bond donors (Lipinski definition) is 0. The number of carbonyl (C=O) groups excluding carboxylic acids is 1. The van der Waals surface area contributed by atoms with Crippen LogP contribution in [0.2, 0.25) is 0 Å². The molecule has 1 aromatic carbocycles. The molecule has 1 heterocycles. The largest absolute Gasteiger partial charge is 0.496 e. The van der Waals surface area contributed by atoms with Gasteiger partial charge in [-0.2, -0.15) is 0 Å². The average Bonchev–Trinajstić information content (AvgIpc) is 3.32. The Hall–Kier alpha value is -0.910. The van der Waals surface area contributed by atoms with Gasteiger partial charge in [-0.3, -0.25) is 14.6 Å². The number of piperazine rings is 1. The minimum Gasteiger partial charge on any atom is -0.496 e. The number of nitrogens with zero attached hydrogens (tertiary/aromatic N) is 2. The maximum Gasteiger partial charge on any atom is 0.176 e. The van der Waals surface area contributed by atoms with Crippen LogP contribution in [0.5, 0.6) is 5.75 Å². The number of benzene rings is 1. The molecule has 3 rings (SSSR count). The number of methoxy groups -OCH3 is 1. The lowest BCUT2D eigenvalue weighted by Crippen LogP contribution is -2.48. The van der Waals surface area contributed by atoms with Crippen molar-refractivity contribution in [3.63, 3.8) is 0 Å². The lowest BCUT2D eigenvalue weighted by atomic mass is 10.1. The molecule has 0 aromatic heterocycles. The van der Waals surface area contributed by atoms with Crippen molar-refractivity contribution < 1.29 is 9.53 Å². The number of hydrogen-bond acceptors (Lipinski definition) is 4. The summed E-state index contributed by atoms with van der Waals surface area (Å²) >= 11 is 3.43. The van der Waals surface area contributed by atoms with Crippen LogP contribution in [-0.2, 0) is 0 Å². The first-order chi connectivity index (χ1) is 10.2. The molecule has 0 atom stereocenters. The summed E-state index contributed by atoms with van der Waals surface area (Å²) in [4.78, 5) is 17.2. The second-order valence-electron chi connectivity index (χ2n) is 5.82. The van der Waals surface area contributed by atoms with Gasteiger partial charge in [0.25, 0.3) is 0 Å². The molecule has 0 radical (unpaired) electrons. The van der Waals surface area contributed by atoms with Crippen molar-refractivity contribution in [2.24, 2.45) is 0 Å². The highest BCUT2D eigenvalue weighted by atomic mass is 79.9. The summed E-state index contributed by atoms with van der Waals surface area (Å²) in [7, 11) is 1.63. The van der Waals surface area contributed by atoms with Crippen LogP contribution in [0.4, 0.5) is 0 Å². The minimum atomic E-state index is 0.179. The Morgan fingerprint density at radius 3 is 2.57 bits per heavy atom. The summed E-state index contributed by atoms with van der Waals surface area (Å²) in [5.74, 6) is 0.933. The first-order valence-corrected chi connectivity index (χ1v) is 8.30. The van der Waals surface area contributed by atoms with Crippen molar-refractivity contribution in [2.75, 3.05) is 39.8 Å². The van der Waals surface area contributed by atoms with E-state index >= 15 is 0 Å². The van der Waals surface area contributed by atoms with E-state index in [1.807, 2.05) is 18.2 Å². The van der Waals surface area contributed by atoms with Gasteiger partial charge in [0.05, 0.1) is 18.1 Å². The molecule has 1 aliphatic heterocycles. The monoisotopic (exact) mass is 352 g/mol. The Kier molecular flexibility index (Phi) is 4.62. The zero-order valence-electron chi connectivity index (χ0n) is 12.3. The van der Waals surface area contributed by atoms with Gasteiger partial charge < -0.3 is 4.74 Å². The summed E-state index contributed by atoms with van der Waals surface area (Å²) in [6.45, 7) is 4.71. The Balaban J connectivity index is 1.55. The zero-order chi connectivity index (χ0) is 14.8. The SMILES string of the molecule is COc1ccc(C(=O)CN2CCN(C3CC3)CC2)cc1Br. The summed E-state index contributed by atoms with van der Waals surface area (Å²) in [6.07, 6.45) is 2.72. The smallest absolute Gasteiger partial charge is 0.176 e. The highest BCUT2D eigenvalue weighted by Crippen LogP contribution is 2.28. The van der Waals surface area contributed by atoms with Gasteiger partial charge in [-0.1, -0.05) is 0 Å². The van der Waals surface area contributed by atoms with E-state index in [0.29, 0.717) is 6.54 Å². The van der Waals surface area contributed by atoms with Gasteiger partial charge >= 0.3 is 0 Å². The fourth-order valence-corrected chi connectivity index (χ4v) is 3.40. The Morgan fingerprint density at radius 1 is 1.29 bits per heavy atom. The third kappa shape index (κ3) is 3.65. The van der Waals surface area contributed by atoms with Gasteiger partial charge in [-0.25, -0.2) is 0 Å². The predicted octanol–water partition coefficient (Wildman–Crippen LogP) is 2.42. The lowest BCUT2D eigenvalue weighted by molar-refractivity contribution is 0.0843. The number of rotatable bonds is 5. The normalized spacial score (nSPS) is 20.5. The Bertz CT molecular complexity index is 523. The van der Waals surface area contributed by atoms with E-state index in [1.54, 1.807) is 7.11 Å². The number of ketones is 1. The van der Waals surface area contributed by atoms with Crippen molar-refractivity contribution in [2.45, 2.75) is 18.9 Å². The molecule has 114 valence electrons. The first-order valence-electron chi connectivity index (χ1n) is 7.50. The van der Waals surface area contributed by atoms with Crippen LogP contribution in [0.25, 0.3) is 0 Å². The molecule has 0 bridgehead atoms. The standard InChI is InChI=1S/C16H21BrN2O2/c1-21-16-5-2-12(10-14(16)17)15(20)11-18-6-8-19(9-7-18)13-3-4-13/h2,5,10,13H,3-4,6-9,11H2,1H3. The Labute approximate surface area is 134 Å². The molecule has 2 aliphatic rings. The van der Waals surface area contributed by atoms with Crippen molar-refractivity contribution in [1.29, 1.82) is 0 Å². The molecule has 1 saturated heterocycles. The van der Waals surface area contributed by atoms with Crippen molar-refractivity contribution >= 4 is 21.7 Å². The van der Waals surface area contributed by atoms with Crippen LogP contribution in [0.3, 0.4) is 0 Å². The molecule has 1 aliphatic carbocycles. The third-order valence-corrected chi connectivity index (χ3v) is 4.93. The van der Waals surface area contributed by atoms with E-state index in [4.69, 9.17) is 4.74 Å². The summed E-state index contributed by atoms with van der Waals surface area (Å²) in [6, 6.07) is 6.36. The predicted molar refractivity (Wildman–Crippen MR) is 86.1 cm³/mol. The van der Waals surface area contributed by atoms with Gasteiger partial charge in [0, 0.05) is 37.8 Å². The summed E-state index contributed by atoms with van der Waals surface area (Å²) in [5.41, 5.74) is 0.743. The highest BCUT2D eigenvalue weighted by Gasteiger charge is 2.31. The van der Waals surface area contributed by atoms with Gasteiger partial charge in [-0.15, -0.1) is 0 Å². The number of Topliss-reactive ketones (excluding diaryl/α,β-unsaturated/α-hetero) is 1. The molecular weight excluding hydrogens is 332 g/mol. The zero-order valence-corrected chi connectivity index (χ0v) is 13.9. The fraction of sp³-hybridized carbons (Fsp3) is 0.562. The van der Waals surface area contributed by atoms with E-state index in [1.165, 1.54) is 12.8 Å². The summed E-state index contributed by atoms with van der Waals surface area (Å²) in [5, 5.41) is 0. The second-order valence-corrected chi connectivity index (χ2v) is 6.67. The van der Waals surface area contributed by atoms with Crippen LogP contribution in [0.1, 0.15) is 23.2 Å². The van der Waals surface area contributed by atoms with Gasteiger partial charge in [0.2, 0.25) is 0 Å². The van der Waals surface area contributed by atoms with Crippen LogP contribution in [0.15, 0.2) is 22.7 Å². The molecule has 21 heavy (non-hydrogen) atoms. The molecule has 5 heteroatoms. The van der Waals surface area contributed by atoms with Crippen molar-refractivity contribution in [3.8, 4) is 5.75 Å².